The summed E-state index contributed by atoms with van der Waals surface area (Å²) in [6.45, 7) is 11.5. The van der Waals surface area contributed by atoms with Crippen molar-refractivity contribution in [3.8, 4) is 0 Å². The lowest BCUT2D eigenvalue weighted by molar-refractivity contribution is 0.209. The molecule has 0 saturated carbocycles. The lowest BCUT2D eigenvalue weighted by Gasteiger charge is -2.25. The molecule has 5 nitrogen and oxygen atoms in total. The Morgan fingerprint density at radius 1 is 1.15 bits per heavy atom. The monoisotopic (exact) mass is 279 g/mol. The first-order valence-electron chi connectivity index (χ1n) is 7.43. The summed E-state index contributed by atoms with van der Waals surface area (Å²) in [6, 6.07) is 0. The van der Waals surface area contributed by atoms with E-state index in [2.05, 4.69) is 60.0 Å². The van der Waals surface area contributed by atoms with Crippen molar-refractivity contribution in [2.45, 2.75) is 27.3 Å². The van der Waals surface area contributed by atoms with Crippen molar-refractivity contribution >= 4 is 5.82 Å². The zero-order valence-corrected chi connectivity index (χ0v) is 13.6. The Balaban J connectivity index is 2.58. The fraction of sp³-hybridized carbons (Fsp3) is 0.733. The predicted molar refractivity (Wildman–Crippen MR) is 84.9 cm³/mol. The molecule has 0 aliphatic heterocycles. The highest BCUT2D eigenvalue weighted by Gasteiger charge is 2.10. The third kappa shape index (κ3) is 6.82. The number of aromatic nitrogens is 2. The molecule has 20 heavy (non-hydrogen) atoms. The summed E-state index contributed by atoms with van der Waals surface area (Å²) in [6.07, 6.45) is 3.69. The van der Waals surface area contributed by atoms with Crippen LogP contribution in [0.25, 0.3) is 0 Å². The minimum atomic E-state index is 0.658. The fourth-order valence-corrected chi connectivity index (χ4v) is 2.03. The molecule has 1 rings (SSSR count). The van der Waals surface area contributed by atoms with E-state index in [4.69, 9.17) is 0 Å². The number of hydrogen-bond acceptors (Lipinski definition) is 5. The average Bonchev–Trinajstić information content (AvgIpc) is 2.38. The lowest BCUT2D eigenvalue weighted by atomic mass is 10.2. The van der Waals surface area contributed by atoms with Gasteiger partial charge in [0.2, 0.25) is 0 Å². The molecule has 1 N–H and O–H groups in total. The number of anilines is 1. The van der Waals surface area contributed by atoms with E-state index in [1.54, 1.807) is 0 Å². The van der Waals surface area contributed by atoms with Crippen molar-refractivity contribution in [1.29, 1.82) is 0 Å². The van der Waals surface area contributed by atoms with Gasteiger partial charge in [-0.15, -0.1) is 0 Å². The summed E-state index contributed by atoms with van der Waals surface area (Å²) in [4.78, 5) is 13.5. The van der Waals surface area contributed by atoms with Crippen molar-refractivity contribution in [2.24, 2.45) is 5.92 Å². The van der Waals surface area contributed by atoms with Gasteiger partial charge in [-0.25, -0.2) is 4.98 Å². The van der Waals surface area contributed by atoms with Crippen LogP contribution in [0.15, 0.2) is 12.4 Å². The van der Waals surface area contributed by atoms with Gasteiger partial charge < -0.3 is 10.2 Å². The Bertz CT molecular complexity index is 361. The maximum atomic E-state index is 4.49. The second kappa shape index (κ2) is 8.87. The van der Waals surface area contributed by atoms with E-state index in [1.807, 2.05) is 12.4 Å². The number of nitrogens with zero attached hydrogens (tertiary/aromatic N) is 4. The van der Waals surface area contributed by atoms with Crippen molar-refractivity contribution in [3.05, 3.63) is 18.1 Å². The SMILES string of the molecule is CCNc1cnc(CN(CCN(C)C)CC(C)C)cn1. The highest BCUT2D eigenvalue weighted by molar-refractivity contribution is 5.30. The van der Waals surface area contributed by atoms with Gasteiger partial charge in [0.25, 0.3) is 0 Å². The van der Waals surface area contributed by atoms with Crippen LogP contribution in [0, 0.1) is 5.92 Å². The Kier molecular flexibility index (Phi) is 7.47. The van der Waals surface area contributed by atoms with Gasteiger partial charge in [0.1, 0.15) is 5.82 Å². The molecule has 0 aromatic carbocycles. The summed E-state index contributed by atoms with van der Waals surface area (Å²) < 4.78 is 0. The minimum absolute atomic E-state index is 0.658. The van der Waals surface area contributed by atoms with E-state index in [0.29, 0.717) is 5.92 Å². The van der Waals surface area contributed by atoms with Gasteiger partial charge in [0, 0.05) is 32.7 Å². The van der Waals surface area contributed by atoms with E-state index >= 15 is 0 Å². The molecule has 0 atom stereocenters. The fourth-order valence-electron chi connectivity index (χ4n) is 2.03. The highest BCUT2D eigenvalue weighted by atomic mass is 15.2. The van der Waals surface area contributed by atoms with Gasteiger partial charge in [0.05, 0.1) is 18.1 Å². The standard InChI is InChI=1S/C15H29N5/c1-6-16-15-10-17-14(9-18-15)12-20(11-13(2)3)8-7-19(4)5/h9-10,13H,6-8,11-12H2,1-5H3,(H,16,18). The second-order valence-corrected chi connectivity index (χ2v) is 5.86. The number of rotatable bonds is 9. The van der Waals surface area contributed by atoms with E-state index in [1.165, 1.54) is 0 Å². The zero-order chi connectivity index (χ0) is 15.0. The Morgan fingerprint density at radius 2 is 1.90 bits per heavy atom. The van der Waals surface area contributed by atoms with Crippen LogP contribution in [0.3, 0.4) is 0 Å². The van der Waals surface area contributed by atoms with Gasteiger partial charge in [-0.3, -0.25) is 9.88 Å². The van der Waals surface area contributed by atoms with Gasteiger partial charge >= 0.3 is 0 Å². The predicted octanol–water partition coefficient (Wildman–Crippen LogP) is 1.93. The van der Waals surface area contributed by atoms with Crippen molar-refractivity contribution in [1.82, 2.24) is 19.8 Å². The van der Waals surface area contributed by atoms with Crippen LogP contribution in [0.1, 0.15) is 26.5 Å². The Labute approximate surface area is 123 Å². The first-order valence-corrected chi connectivity index (χ1v) is 7.43. The molecule has 0 amide bonds. The third-order valence-corrected chi connectivity index (χ3v) is 2.94. The lowest BCUT2D eigenvalue weighted by Crippen LogP contribution is -2.34. The van der Waals surface area contributed by atoms with E-state index < -0.39 is 0 Å². The Hall–Kier alpha value is -1.20. The molecule has 0 saturated heterocycles. The number of likely N-dealkylation sites (N-methyl/N-ethyl adjacent to an activating group) is 1. The van der Waals surface area contributed by atoms with E-state index in [-0.39, 0.29) is 0 Å². The van der Waals surface area contributed by atoms with Crippen LogP contribution in [-0.4, -0.2) is 60.0 Å². The zero-order valence-electron chi connectivity index (χ0n) is 13.6. The quantitative estimate of drug-likeness (QED) is 0.748. The molecular formula is C15H29N5. The van der Waals surface area contributed by atoms with Crippen LogP contribution in [0.4, 0.5) is 5.82 Å². The summed E-state index contributed by atoms with van der Waals surface area (Å²) in [7, 11) is 4.22. The minimum Gasteiger partial charge on any atom is -0.369 e. The molecular weight excluding hydrogens is 250 g/mol. The summed E-state index contributed by atoms with van der Waals surface area (Å²) in [5, 5.41) is 3.17. The normalized spacial score (nSPS) is 11.6. The number of nitrogens with one attached hydrogen (secondary N) is 1. The third-order valence-electron chi connectivity index (χ3n) is 2.94. The molecule has 0 bridgehead atoms. The van der Waals surface area contributed by atoms with Crippen molar-refractivity contribution < 1.29 is 0 Å². The average molecular weight is 279 g/mol. The molecule has 0 spiro atoms. The number of hydrogen-bond donors (Lipinski definition) is 1. The van der Waals surface area contributed by atoms with Crippen molar-refractivity contribution in [3.63, 3.8) is 0 Å². The molecule has 1 heterocycles. The summed E-state index contributed by atoms with van der Waals surface area (Å²) in [5.41, 5.74) is 1.03. The molecule has 0 aliphatic carbocycles. The largest absolute Gasteiger partial charge is 0.369 e. The smallest absolute Gasteiger partial charge is 0.144 e. The highest BCUT2D eigenvalue weighted by Crippen LogP contribution is 2.06. The van der Waals surface area contributed by atoms with Crippen LogP contribution in [0.2, 0.25) is 0 Å². The maximum absolute atomic E-state index is 4.49. The molecule has 0 unspecified atom stereocenters. The molecule has 0 aliphatic rings. The Morgan fingerprint density at radius 3 is 2.40 bits per heavy atom. The summed E-state index contributed by atoms with van der Waals surface area (Å²) in [5.74, 6) is 1.51. The van der Waals surface area contributed by atoms with Gasteiger partial charge in [-0.2, -0.15) is 0 Å². The topological polar surface area (TPSA) is 44.3 Å². The van der Waals surface area contributed by atoms with Crippen LogP contribution in [-0.2, 0) is 6.54 Å². The van der Waals surface area contributed by atoms with Gasteiger partial charge in [0.15, 0.2) is 0 Å². The molecule has 0 radical (unpaired) electrons. The second-order valence-electron chi connectivity index (χ2n) is 5.86. The van der Waals surface area contributed by atoms with Crippen LogP contribution in [0.5, 0.6) is 0 Å². The van der Waals surface area contributed by atoms with Crippen molar-refractivity contribution in [2.75, 3.05) is 45.6 Å². The molecule has 114 valence electrons. The molecule has 0 fully saturated rings. The van der Waals surface area contributed by atoms with E-state index in [9.17, 15) is 0 Å². The van der Waals surface area contributed by atoms with Crippen LogP contribution >= 0.6 is 0 Å². The first-order chi connectivity index (χ1) is 9.51. The van der Waals surface area contributed by atoms with Gasteiger partial charge in [-0.05, 0) is 26.9 Å². The van der Waals surface area contributed by atoms with E-state index in [0.717, 1.165) is 44.2 Å². The molecule has 5 heteroatoms. The molecule has 1 aromatic heterocycles. The molecule has 1 aromatic rings. The first kappa shape index (κ1) is 16.9. The van der Waals surface area contributed by atoms with Gasteiger partial charge in [-0.1, -0.05) is 13.8 Å². The summed E-state index contributed by atoms with van der Waals surface area (Å²) >= 11 is 0. The van der Waals surface area contributed by atoms with Crippen LogP contribution < -0.4 is 5.32 Å². The maximum Gasteiger partial charge on any atom is 0.144 e.